The third-order valence-corrected chi connectivity index (χ3v) is 6.04. The van der Waals surface area contributed by atoms with Crippen LogP contribution in [0, 0.1) is 6.92 Å². The quantitative estimate of drug-likeness (QED) is 0.443. The van der Waals surface area contributed by atoms with Gasteiger partial charge in [-0.3, -0.25) is 4.79 Å². The number of hydrogen-bond donors (Lipinski definition) is 1. The first-order valence-electron chi connectivity index (χ1n) is 10.7. The van der Waals surface area contributed by atoms with Crippen molar-refractivity contribution in [2.24, 2.45) is 0 Å². The van der Waals surface area contributed by atoms with Gasteiger partial charge in [0.2, 0.25) is 0 Å². The predicted octanol–water partition coefficient (Wildman–Crippen LogP) is 5.54. The van der Waals surface area contributed by atoms with Crippen molar-refractivity contribution in [2.75, 3.05) is 5.32 Å². The second kappa shape index (κ2) is 8.59. The normalized spacial score (nSPS) is 13.4. The van der Waals surface area contributed by atoms with Crippen LogP contribution in [0.3, 0.4) is 0 Å². The van der Waals surface area contributed by atoms with Gasteiger partial charge < -0.3 is 14.4 Å². The molecule has 5 rings (SSSR count). The Morgan fingerprint density at radius 2 is 1.94 bits per heavy atom. The fourth-order valence-electron chi connectivity index (χ4n) is 4.08. The van der Waals surface area contributed by atoms with Crippen molar-refractivity contribution in [3.8, 4) is 22.6 Å². The highest BCUT2D eigenvalue weighted by atomic mass is 35.5. The molecular weight excluding hydrogens is 426 g/mol. The van der Waals surface area contributed by atoms with Crippen LogP contribution in [-0.4, -0.2) is 25.8 Å². The molecule has 0 unspecified atom stereocenters. The molecule has 0 aliphatic carbocycles. The summed E-state index contributed by atoms with van der Waals surface area (Å²) in [5.41, 5.74) is 3.09. The van der Waals surface area contributed by atoms with Crippen LogP contribution in [-0.2, 0) is 13.0 Å². The van der Waals surface area contributed by atoms with E-state index in [1.54, 1.807) is 19.1 Å². The Morgan fingerprint density at radius 3 is 2.78 bits per heavy atom. The van der Waals surface area contributed by atoms with Crippen LogP contribution in [0.15, 0.2) is 53.1 Å². The van der Waals surface area contributed by atoms with Crippen LogP contribution in [0.4, 0.5) is 5.69 Å². The summed E-state index contributed by atoms with van der Waals surface area (Å²) < 4.78 is 7.47. The summed E-state index contributed by atoms with van der Waals surface area (Å²) in [5, 5.41) is 16.4. The second-order valence-electron chi connectivity index (χ2n) is 7.88. The molecule has 1 aliphatic rings. The average Bonchev–Trinajstić information content (AvgIpc) is 3.31. The van der Waals surface area contributed by atoms with Crippen LogP contribution < -0.4 is 5.32 Å². The number of carbonyl (C=O) groups excluding carboxylic acids is 1. The number of amides is 1. The van der Waals surface area contributed by atoms with Gasteiger partial charge in [-0.2, -0.15) is 0 Å². The van der Waals surface area contributed by atoms with Crippen molar-refractivity contribution in [3.63, 3.8) is 0 Å². The molecule has 0 saturated carbocycles. The molecular formula is C24H22ClN5O2. The number of benzene rings is 2. The van der Waals surface area contributed by atoms with Gasteiger partial charge in [-0.25, -0.2) is 0 Å². The molecule has 2 aromatic carbocycles. The monoisotopic (exact) mass is 447 g/mol. The Bertz CT molecular complexity index is 1280. The zero-order chi connectivity index (χ0) is 22.1. The molecule has 1 aliphatic heterocycles. The molecule has 3 heterocycles. The predicted molar refractivity (Wildman–Crippen MR) is 123 cm³/mol. The number of anilines is 1. The average molecular weight is 448 g/mol. The molecule has 0 atom stereocenters. The highest BCUT2D eigenvalue weighted by Gasteiger charge is 2.23. The van der Waals surface area contributed by atoms with E-state index in [4.69, 9.17) is 16.1 Å². The minimum Gasteiger partial charge on any atom is -0.360 e. The van der Waals surface area contributed by atoms with Gasteiger partial charge in [0.05, 0.1) is 5.02 Å². The molecule has 0 fully saturated rings. The molecule has 7 nitrogen and oxygen atoms in total. The van der Waals surface area contributed by atoms with E-state index in [-0.39, 0.29) is 5.91 Å². The van der Waals surface area contributed by atoms with Crippen LogP contribution in [0.1, 0.15) is 41.2 Å². The fourth-order valence-corrected chi connectivity index (χ4v) is 4.29. The van der Waals surface area contributed by atoms with Crippen LogP contribution in [0.25, 0.3) is 22.6 Å². The Balaban J connectivity index is 1.47. The summed E-state index contributed by atoms with van der Waals surface area (Å²) in [6.45, 7) is 2.60. The summed E-state index contributed by atoms with van der Waals surface area (Å²) in [7, 11) is 0. The smallest absolute Gasteiger partial charge is 0.261 e. The molecule has 162 valence electrons. The van der Waals surface area contributed by atoms with Crippen LogP contribution in [0.2, 0.25) is 5.02 Å². The second-order valence-corrected chi connectivity index (χ2v) is 8.29. The van der Waals surface area contributed by atoms with Gasteiger partial charge >= 0.3 is 0 Å². The topological polar surface area (TPSA) is 85.8 Å². The zero-order valence-electron chi connectivity index (χ0n) is 17.6. The van der Waals surface area contributed by atoms with E-state index >= 15 is 0 Å². The number of rotatable bonds is 4. The number of nitrogens with one attached hydrogen (secondary N) is 1. The number of nitrogens with zero attached hydrogens (tertiary/aromatic N) is 4. The van der Waals surface area contributed by atoms with Crippen molar-refractivity contribution in [1.29, 1.82) is 0 Å². The van der Waals surface area contributed by atoms with Gasteiger partial charge in [-0.05, 0) is 38.0 Å². The third kappa shape index (κ3) is 3.80. The van der Waals surface area contributed by atoms with Crippen molar-refractivity contribution in [1.82, 2.24) is 19.9 Å². The zero-order valence-corrected chi connectivity index (χ0v) is 18.4. The highest BCUT2D eigenvalue weighted by molar-refractivity contribution is 6.33. The standard InChI is InChI=1S/C24H22ClN5O2/c1-15-21(22(29-32-15)16-8-4-2-5-9-16)24(31)26-17-11-12-19(25)18(14-17)23-28-27-20-10-6-3-7-13-30(20)23/h2,4-5,8-9,11-12,14H,3,6-7,10,13H2,1H3,(H,26,31). The number of fused-ring (bicyclic) bond motifs is 1. The lowest BCUT2D eigenvalue weighted by molar-refractivity contribution is 0.102. The molecule has 0 spiro atoms. The number of hydrogen-bond acceptors (Lipinski definition) is 5. The fraction of sp³-hybridized carbons (Fsp3) is 0.250. The van der Waals surface area contributed by atoms with E-state index in [9.17, 15) is 4.79 Å². The highest BCUT2D eigenvalue weighted by Crippen LogP contribution is 2.32. The maximum Gasteiger partial charge on any atom is 0.261 e. The molecule has 4 aromatic rings. The van der Waals surface area contributed by atoms with E-state index in [0.717, 1.165) is 48.6 Å². The van der Waals surface area contributed by atoms with E-state index in [0.29, 0.717) is 27.7 Å². The summed E-state index contributed by atoms with van der Waals surface area (Å²) in [5.74, 6) is 1.87. The number of halogens is 1. The number of aromatic nitrogens is 4. The maximum atomic E-state index is 13.2. The van der Waals surface area contributed by atoms with Gasteiger partial charge in [0.15, 0.2) is 5.82 Å². The molecule has 1 amide bonds. The lowest BCUT2D eigenvalue weighted by Crippen LogP contribution is -2.13. The van der Waals surface area contributed by atoms with Crippen molar-refractivity contribution < 1.29 is 9.32 Å². The van der Waals surface area contributed by atoms with Crippen LogP contribution >= 0.6 is 11.6 Å². The molecule has 1 N–H and O–H groups in total. The van der Waals surface area contributed by atoms with E-state index in [2.05, 4.69) is 25.2 Å². The first-order valence-corrected chi connectivity index (χ1v) is 11.0. The number of aryl methyl sites for hydroxylation is 2. The first kappa shape index (κ1) is 20.5. The summed E-state index contributed by atoms with van der Waals surface area (Å²) >= 11 is 6.52. The summed E-state index contributed by atoms with van der Waals surface area (Å²) in [6.07, 6.45) is 4.29. The Hall–Kier alpha value is -3.45. The van der Waals surface area contributed by atoms with Crippen molar-refractivity contribution in [3.05, 3.63) is 70.7 Å². The van der Waals surface area contributed by atoms with Gasteiger partial charge in [0.25, 0.3) is 5.91 Å². The van der Waals surface area contributed by atoms with Gasteiger partial charge in [-0.1, -0.05) is 53.5 Å². The first-order chi connectivity index (χ1) is 15.6. The molecule has 2 aromatic heterocycles. The molecule has 0 radical (unpaired) electrons. The van der Waals surface area contributed by atoms with Crippen molar-refractivity contribution in [2.45, 2.75) is 39.2 Å². The van der Waals surface area contributed by atoms with Gasteiger partial charge in [-0.15, -0.1) is 10.2 Å². The van der Waals surface area contributed by atoms with E-state index < -0.39 is 0 Å². The van der Waals surface area contributed by atoms with E-state index in [1.807, 2.05) is 36.4 Å². The minimum atomic E-state index is -0.295. The maximum absolute atomic E-state index is 13.2. The molecule has 32 heavy (non-hydrogen) atoms. The Morgan fingerprint density at radius 1 is 1.09 bits per heavy atom. The Kier molecular flexibility index (Phi) is 5.49. The molecule has 0 saturated heterocycles. The molecule has 8 heteroatoms. The third-order valence-electron chi connectivity index (χ3n) is 5.71. The lowest BCUT2D eigenvalue weighted by Gasteiger charge is -2.11. The van der Waals surface area contributed by atoms with E-state index in [1.165, 1.54) is 6.42 Å². The lowest BCUT2D eigenvalue weighted by atomic mass is 10.1. The largest absolute Gasteiger partial charge is 0.360 e. The van der Waals surface area contributed by atoms with Crippen LogP contribution in [0.5, 0.6) is 0 Å². The van der Waals surface area contributed by atoms with Crippen molar-refractivity contribution >= 4 is 23.2 Å². The SMILES string of the molecule is Cc1onc(-c2ccccc2)c1C(=O)Nc1ccc(Cl)c(-c2nnc3n2CCCCC3)c1. The summed E-state index contributed by atoms with van der Waals surface area (Å²) in [4.78, 5) is 13.2. The Labute approximate surface area is 190 Å². The van der Waals surface area contributed by atoms with Gasteiger partial charge in [0.1, 0.15) is 22.8 Å². The molecule has 0 bridgehead atoms. The minimum absolute atomic E-state index is 0.295. The number of carbonyl (C=O) groups is 1. The van der Waals surface area contributed by atoms with Gasteiger partial charge in [0, 0.05) is 29.8 Å². The summed E-state index contributed by atoms with van der Waals surface area (Å²) in [6, 6.07) is 14.9.